The first-order valence-electron chi connectivity index (χ1n) is 9.61. The summed E-state index contributed by atoms with van der Waals surface area (Å²) in [6, 6.07) is 0. The molecule has 1 N–H and O–H groups in total. The molecule has 1 spiro atoms. The maximum absolute atomic E-state index is 12.2. The van der Waals surface area contributed by atoms with Gasteiger partial charge in [0.05, 0.1) is 6.61 Å². The van der Waals surface area contributed by atoms with Crippen molar-refractivity contribution >= 4 is 5.91 Å². The van der Waals surface area contributed by atoms with Crippen molar-refractivity contribution in [2.24, 2.45) is 5.41 Å². The highest BCUT2D eigenvalue weighted by molar-refractivity contribution is 5.77. The summed E-state index contributed by atoms with van der Waals surface area (Å²) in [6.07, 6.45) is 5.73. The Labute approximate surface area is 155 Å². The molecule has 0 bridgehead atoms. The average molecular weight is 361 g/mol. The van der Waals surface area contributed by atoms with Gasteiger partial charge < -0.3 is 14.6 Å². The summed E-state index contributed by atoms with van der Waals surface area (Å²) < 4.78 is 5.16. The first-order chi connectivity index (χ1) is 12.4. The molecule has 1 atom stereocenters. The van der Waals surface area contributed by atoms with Crippen molar-refractivity contribution in [3.63, 3.8) is 0 Å². The number of aromatic nitrogens is 1. The molecule has 6 nitrogen and oxygen atoms in total. The normalized spacial score (nSPS) is 24.4. The van der Waals surface area contributed by atoms with E-state index in [0.717, 1.165) is 55.8 Å². The Hall–Kier alpha value is -1.66. The van der Waals surface area contributed by atoms with E-state index in [1.807, 2.05) is 24.9 Å². The van der Waals surface area contributed by atoms with Crippen LogP contribution in [0.15, 0.2) is 11.0 Å². The summed E-state index contributed by atoms with van der Waals surface area (Å²) in [7, 11) is 1.68. The van der Waals surface area contributed by atoms with Gasteiger partial charge in [0, 0.05) is 68.1 Å². The van der Waals surface area contributed by atoms with Crippen LogP contribution in [-0.4, -0.2) is 60.6 Å². The Balaban J connectivity index is 1.70. The molecule has 3 rings (SSSR count). The van der Waals surface area contributed by atoms with E-state index in [0.29, 0.717) is 19.6 Å². The predicted molar refractivity (Wildman–Crippen MR) is 101 cm³/mol. The van der Waals surface area contributed by atoms with Gasteiger partial charge in [-0.05, 0) is 39.7 Å². The average Bonchev–Trinajstić information content (AvgIpc) is 2.63. The minimum Gasteiger partial charge on any atom is -0.383 e. The van der Waals surface area contributed by atoms with Crippen LogP contribution in [0.2, 0.25) is 0 Å². The molecule has 2 aliphatic rings. The number of hydrogen-bond donors (Lipinski definition) is 1. The monoisotopic (exact) mass is 361 g/mol. The molecule has 1 unspecified atom stereocenters. The van der Waals surface area contributed by atoms with Crippen molar-refractivity contribution in [1.82, 2.24) is 14.8 Å². The second kappa shape index (κ2) is 7.92. The zero-order chi connectivity index (χ0) is 18.7. The third kappa shape index (κ3) is 4.01. The largest absolute Gasteiger partial charge is 0.383 e. The summed E-state index contributed by atoms with van der Waals surface area (Å²) in [5, 5.41) is 0. The number of nitrogens with zero attached hydrogens (tertiary/aromatic N) is 2. The molecule has 144 valence electrons. The predicted octanol–water partition coefficient (Wildman–Crippen LogP) is 1.84. The van der Waals surface area contributed by atoms with Crippen LogP contribution in [0.25, 0.3) is 0 Å². The maximum Gasteiger partial charge on any atom is 0.222 e. The van der Waals surface area contributed by atoms with E-state index < -0.39 is 0 Å². The highest BCUT2D eigenvalue weighted by Crippen LogP contribution is 2.39. The van der Waals surface area contributed by atoms with Gasteiger partial charge in [0.25, 0.3) is 0 Å². The summed E-state index contributed by atoms with van der Waals surface area (Å²) in [5.41, 5.74) is 2.92. The number of amides is 1. The molecule has 1 aromatic rings. The van der Waals surface area contributed by atoms with Gasteiger partial charge in [-0.3, -0.25) is 14.5 Å². The van der Waals surface area contributed by atoms with Crippen LogP contribution in [0.4, 0.5) is 0 Å². The number of likely N-dealkylation sites (tertiary alicyclic amines) is 2. The molecule has 2 fully saturated rings. The van der Waals surface area contributed by atoms with E-state index in [2.05, 4.69) is 9.88 Å². The van der Waals surface area contributed by atoms with Crippen LogP contribution >= 0.6 is 0 Å². The number of carbonyl (C=O) groups excluding carboxylic acids is 1. The SMILES string of the molecule is COCCN1CC2(CCCN(Cc3[nH]cc(C)c(=O)c3C)C2)CCC1=O. The molecule has 0 aliphatic carbocycles. The highest BCUT2D eigenvalue weighted by atomic mass is 16.5. The van der Waals surface area contributed by atoms with E-state index in [1.54, 1.807) is 7.11 Å². The standard InChI is InChI=1S/C20H31N3O3/c1-15-11-21-17(16(2)19(15)25)12-22-8-4-6-20(13-22)7-5-18(24)23(14-20)9-10-26-3/h11H,4-10,12-14H2,1-3H3,(H,21,25). The van der Waals surface area contributed by atoms with Crippen molar-refractivity contribution < 1.29 is 9.53 Å². The van der Waals surface area contributed by atoms with E-state index in [1.165, 1.54) is 6.42 Å². The zero-order valence-corrected chi connectivity index (χ0v) is 16.3. The number of H-pyrrole nitrogens is 1. The van der Waals surface area contributed by atoms with Crippen molar-refractivity contribution in [3.05, 3.63) is 33.2 Å². The number of pyridine rings is 1. The molecule has 26 heavy (non-hydrogen) atoms. The lowest BCUT2D eigenvalue weighted by molar-refractivity contribution is -0.140. The number of piperidine rings is 2. The third-order valence-electron chi connectivity index (χ3n) is 6.05. The second-order valence-electron chi connectivity index (χ2n) is 8.03. The molecular formula is C20H31N3O3. The summed E-state index contributed by atoms with van der Waals surface area (Å²) in [5.74, 6) is 0.253. The lowest BCUT2D eigenvalue weighted by atomic mass is 9.73. The molecule has 0 saturated carbocycles. The molecular weight excluding hydrogens is 330 g/mol. The fraction of sp³-hybridized carbons (Fsp3) is 0.700. The summed E-state index contributed by atoms with van der Waals surface area (Å²) >= 11 is 0. The van der Waals surface area contributed by atoms with Gasteiger partial charge in [-0.2, -0.15) is 0 Å². The fourth-order valence-electron chi connectivity index (χ4n) is 4.48. The van der Waals surface area contributed by atoms with Crippen LogP contribution in [0, 0.1) is 19.3 Å². The Kier molecular flexibility index (Phi) is 5.82. The Morgan fingerprint density at radius 2 is 2.04 bits per heavy atom. The first-order valence-corrected chi connectivity index (χ1v) is 9.61. The molecule has 2 saturated heterocycles. The number of nitrogens with one attached hydrogen (secondary N) is 1. The van der Waals surface area contributed by atoms with Crippen molar-refractivity contribution in [2.45, 2.75) is 46.1 Å². The van der Waals surface area contributed by atoms with Crippen LogP contribution in [0.1, 0.15) is 42.5 Å². The quantitative estimate of drug-likeness (QED) is 0.869. The van der Waals surface area contributed by atoms with E-state index in [-0.39, 0.29) is 16.8 Å². The van der Waals surface area contributed by atoms with Crippen LogP contribution in [0.5, 0.6) is 0 Å². The minimum absolute atomic E-state index is 0.138. The van der Waals surface area contributed by atoms with E-state index in [9.17, 15) is 9.59 Å². The van der Waals surface area contributed by atoms with Gasteiger partial charge in [-0.25, -0.2) is 0 Å². The summed E-state index contributed by atoms with van der Waals surface area (Å²) in [4.78, 5) is 32.2. The maximum atomic E-state index is 12.2. The van der Waals surface area contributed by atoms with Crippen molar-refractivity contribution in [1.29, 1.82) is 0 Å². The first kappa shape index (κ1) is 19.1. The molecule has 6 heteroatoms. The number of aromatic amines is 1. The lowest BCUT2D eigenvalue weighted by Gasteiger charge is -2.48. The molecule has 2 aliphatic heterocycles. The third-order valence-corrected chi connectivity index (χ3v) is 6.05. The molecule has 3 heterocycles. The van der Waals surface area contributed by atoms with Crippen molar-refractivity contribution in [3.8, 4) is 0 Å². The molecule has 0 aromatic carbocycles. The number of ether oxygens (including phenoxy) is 1. The number of carbonyl (C=O) groups is 1. The minimum atomic E-state index is 0.138. The van der Waals surface area contributed by atoms with Gasteiger partial charge in [0.2, 0.25) is 5.91 Å². The number of hydrogen-bond acceptors (Lipinski definition) is 4. The lowest BCUT2D eigenvalue weighted by Crippen LogP contribution is -2.54. The zero-order valence-electron chi connectivity index (χ0n) is 16.3. The smallest absolute Gasteiger partial charge is 0.222 e. The van der Waals surface area contributed by atoms with Gasteiger partial charge in [-0.1, -0.05) is 0 Å². The Morgan fingerprint density at radius 3 is 2.81 bits per heavy atom. The molecule has 0 radical (unpaired) electrons. The van der Waals surface area contributed by atoms with Gasteiger partial charge in [0.15, 0.2) is 5.43 Å². The number of aryl methyl sites for hydroxylation is 1. The van der Waals surface area contributed by atoms with Crippen LogP contribution in [-0.2, 0) is 16.1 Å². The summed E-state index contributed by atoms with van der Waals surface area (Å²) in [6.45, 7) is 8.66. The van der Waals surface area contributed by atoms with Crippen molar-refractivity contribution in [2.75, 3.05) is 39.9 Å². The fourth-order valence-corrected chi connectivity index (χ4v) is 4.48. The topological polar surface area (TPSA) is 65.6 Å². The molecule has 1 aromatic heterocycles. The number of rotatable bonds is 5. The number of methoxy groups -OCH3 is 1. The molecule has 1 amide bonds. The van der Waals surface area contributed by atoms with Crippen LogP contribution < -0.4 is 5.43 Å². The van der Waals surface area contributed by atoms with Gasteiger partial charge >= 0.3 is 0 Å². The Bertz CT molecular complexity index is 715. The van der Waals surface area contributed by atoms with Crippen LogP contribution in [0.3, 0.4) is 0 Å². The Morgan fingerprint density at radius 1 is 1.23 bits per heavy atom. The highest BCUT2D eigenvalue weighted by Gasteiger charge is 2.41. The van der Waals surface area contributed by atoms with E-state index >= 15 is 0 Å². The second-order valence-corrected chi connectivity index (χ2v) is 8.03. The van der Waals surface area contributed by atoms with E-state index in [4.69, 9.17) is 4.74 Å². The van der Waals surface area contributed by atoms with Gasteiger partial charge in [-0.15, -0.1) is 0 Å². The van der Waals surface area contributed by atoms with Gasteiger partial charge in [0.1, 0.15) is 0 Å².